The fraction of sp³-hybridized carbons (Fsp3) is 0.333. The highest BCUT2D eigenvalue weighted by Gasteiger charge is 2.43. The molecule has 0 spiro atoms. The van der Waals surface area contributed by atoms with Gasteiger partial charge in [0.25, 0.3) is 11.8 Å². The molecule has 2 heterocycles. The Labute approximate surface area is 187 Å². The van der Waals surface area contributed by atoms with Crippen molar-refractivity contribution in [2.75, 3.05) is 32.2 Å². The number of hydrogen-bond acceptors (Lipinski definition) is 5. The molecule has 0 N–H and O–H groups in total. The second kappa shape index (κ2) is 8.63. The molecule has 1 unspecified atom stereocenters. The number of methoxy groups -OCH3 is 2. The predicted molar refractivity (Wildman–Crippen MR) is 120 cm³/mol. The number of hydrogen-bond donors (Lipinski definition) is 0. The first-order valence-corrected chi connectivity index (χ1v) is 10.7. The summed E-state index contributed by atoms with van der Waals surface area (Å²) < 4.78 is 10.7. The van der Waals surface area contributed by atoms with E-state index in [1.807, 2.05) is 0 Å². The lowest BCUT2D eigenvalue weighted by Crippen LogP contribution is -2.39. The molecule has 1 atom stereocenters. The molecule has 2 amide bonds. The van der Waals surface area contributed by atoms with Gasteiger partial charge in [-0.2, -0.15) is 0 Å². The van der Waals surface area contributed by atoms with Crippen LogP contribution in [-0.2, 0) is 9.59 Å². The van der Waals surface area contributed by atoms with Gasteiger partial charge in [-0.1, -0.05) is 30.7 Å². The number of nitrogens with zero attached hydrogens (tertiary/aromatic N) is 2. The number of amides is 2. The number of likely N-dealkylation sites (tertiary alicyclic amines) is 1. The van der Waals surface area contributed by atoms with Gasteiger partial charge in [-0.05, 0) is 48.6 Å². The van der Waals surface area contributed by atoms with Crippen molar-refractivity contribution in [3.63, 3.8) is 0 Å². The van der Waals surface area contributed by atoms with Crippen molar-refractivity contribution >= 4 is 34.7 Å². The van der Waals surface area contributed by atoms with E-state index in [4.69, 9.17) is 21.1 Å². The Hall–Kier alpha value is -2.99. The highest BCUT2D eigenvalue weighted by atomic mass is 35.5. The average Bonchev–Trinajstić information content (AvgIpc) is 3.03. The Morgan fingerprint density at radius 1 is 0.968 bits per heavy atom. The SMILES string of the molecule is COc1ccc(N2C(=O)C(c3ccc(Cl)cc3)=C(N3CCCC(C)C3)C2=O)cc1OC. The Kier molecular flexibility index (Phi) is 5.92. The van der Waals surface area contributed by atoms with Crippen molar-refractivity contribution in [2.45, 2.75) is 19.8 Å². The molecule has 0 radical (unpaired) electrons. The topological polar surface area (TPSA) is 59.1 Å². The zero-order valence-corrected chi connectivity index (χ0v) is 18.6. The highest BCUT2D eigenvalue weighted by Crippen LogP contribution is 2.39. The maximum absolute atomic E-state index is 13.6. The molecule has 4 rings (SSSR count). The molecule has 2 aliphatic rings. The van der Waals surface area contributed by atoms with E-state index in [0.717, 1.165) is 25.9 Å². The molecule has 1 fully saturated rings. The number of benzene rings is 2. The standard InChI is InChI=1S/C24H25ClN2O4/c1-15-5-4-12-26(14-15)22-21(16-6-8-17(25)9-7-16)23(28)27(24(22)29)18-10-11-19(30-2)20(13-18)31-3/h6-11,13,15H,4-5,12,14H2,1-3H3. The van der Waals surface area contributed by atoms with Gasteiger partial charge in [-0.25, -0.2) is 4.90 Å². The second-order valence-corrected chi connectivity index (χ2v) is 8.35. The minimum absolute atomic E-state index is 0.323. The lowest BCUT2D eigenvalue weighted by atomic mass is 9.98. The van der Waals surface area contributed by atoms with Crippen LogP contribution >= 0.6 is 11.6 Å². The van der Waals surface area contributed by atoms with Crippen LogP contribution in [0.2, 0.25) is 5.02 Å². The van der Waals surface area contributed by atoms with Gasteiger partial charge in [-0.3, -0.25) is 9.59 Å². The molecule has 2 aromatic rings. The first-order valence-electron chi connectivity index (χ1n) is 10.3. The van der Waals surface area contributed by atoms with Gasteiger partial charge in [0.1, 0.15) is 5.70 Å². The average molecular weight is 441 g/mol. The van der Waals surface area contributed by atoms with Gasteiger partial charge in [0.05, 0.1) is 25.5 Å². The molecular weight excluding hydrogens is 416 g/mol. The van der Waals surface area contributed by atoms with Gasteiger partial charge < -0.3 is 14.4 Å². The molecule has 162 valence electrons. The number of ether oxygens (including phenoxy) is 2. The fourth-order valence-electron chi connectivity index (χ4n) is 4.28. The molecule has 0 bridgehead atoms. The van der Waals surface area contributed by atoms with Crippen LogP contribution in [0.4, 0.5) is 5.69 Å². The van der Waals surface area contributed by atoms with Crippen LogP contribution in [0.5, 0.6) is 11.5 Å². The molecule has 6 nitrogen and oxygen atoms in total. The fourth-order valence-corrected chi connectivity index (χ4v) is 4.41. The van der Waals surface area contributed by atoms with Crippen molar-refractivity contribution < 1.29 is 19.1 Å². The van der Waals surface area contributed by atoms with Crippen molar-refractivity contribution in [2.24, 2.45) is 5.92 Å². The Morgan fingerprint density at radius 2 is 1.68 bits per heavy atom. The third-order valence-electron chi connectivity index (χ3n) is 5.79. The van der Waals surface area contributed by atoms with Crippen LogP contribution in [0.1, 0.15) is 25.3 Å². The Balaban J connectivity index is 1.81. The van der Waals surface area contributed by atoms with Crippen LogP contribution in [0.15, 0.2) is 48.2 Å². The summed E-state index contributed by atoms with van der Waals surface area (Å²) in [6.45, 7) is 3.66. The third kappa shape index (κ3) is 3.88. The van der Waals surface area contributed by atoms with Crippen LogP contribution < -0.4 is 14.4 Å². The molecular formula is C24H25ClN2O4. The maximum Gasteiger partial charge on any atom is 0.282 e. The smallest absolute Gasteiger partial charge is 0.282 e. The summed E-state index contributed by atoms with van der Waals surface area (Å²) in [6.07, 6.45) is 2.10. The van der Waals surface area contributed by atoms with E-state index in [0.29, 0.717) is 45.0 Å². The van der Waals surface area contributed by atoms with E-state index < -0.39 is 0 Å². The highest BCUT2D eigenvalue weighted by molar-refractivity contribution is 6.45. The normalized spacial score (nSPS) is 19.3. The summed E-state index contributed by atoms with van der Waals surface area (Å²) in [5.41, 5.74) is 1.98. The summed E-state index contributed by atoms with van der Waals surface area (Å²) in [7, 11) is 3.06. The van der Waals surface area contributed by atoms with Crippen molar-refractivity contribution in [3.05, 3.63) is 58.7 Å². The third-order valence-corrected chi connectivity index (χ3v) is 6.04. The maximum atomic E-state index is 13.6. The Morgan fingerprint density at radius 3 is 2.32 bits per heavy atom. The lowest BCUT2D eigenvalue weighted by molar-refractivity contribution is -0.120. The summed E-state index contributed by atoms with van der Waals surface area (Å²) in [4.78, 5) is 30.5. The van der Waals surface area contributed by atoms with Gasteiger partial charge in [0, 0.05) is 24.2 Å². The van der Waals surface area contributed by atoms with Gasteiger partial charge >= 0.3 is 0 Å². The van der Waals surface area contributed by atoms with Crippen molar-refractivity contribution in [1.82, 2.24) is 4.90 Å². The quantitative estimate of drug-likeness (QED) is 0.646. The molecule has 31 heavy (non-hydrogen) atoms. The Bertz CT molecular complexity index is 1050. The number of rotatable bonds is 5. The number of piperidine rings is 1. The van der Waals surface area contributed by atoms with E-state index in [1.165, 1.54) is 12.0 Å². The monoisotopic (exact) mass is 440 g/mol. The first-order chi connectivity index (χ1) is 14.9. The molecule has 2 aliphatic heterocycles. The van der Waals surface area contributed by atoms with Crippen molar-refractivity contribution in [3.8, 4) is 11.5 Å². The number of carbonyl (C=O) groups excluding carboxylic acids is 2. The number of anilines is 1. The van der Waals surface area contributed by atoms with Crippen LogP contribution in [0.3, 0.4) is 0 Å². The largest absolute Gasteiger partial charge is 0.493 e. The van der Waals surface area contributed by atoms with Crippen LogP contribution in [-0.4, -0.2) is 44.0 Å². The zero-order valence-electron chi connectivity index (χ0n) is 17.9. The lowest BCUT2D eigenvalue weighted by Gasteiger charge is -2.33. The van der Waals surface area contributed by atoms with E-state index in [-0.39, 0.29) is 11.8 Å². The number of imide groups is 1. The number of carbonyl (C=O) groups is 2. The first kappa shape index (κ1) is 21.2. The predicted octanol–water partition coefficient (Wildman–Crippen LogP) is 4.37. The zero-order chi connectivity index (χ0) is 22.1. The molecule has 0 saturated carbocycles. The summed E-state index contributed by atoms with van der Waals surface area (Å²) in [5.74, 6) is 0.754. The van der Waals surface area contributed by atoms with E-state index >= 15 is 0 Å². The van der Waals surface area contributed by atoms with E-state index in [2.05, 4.69) is 11.8 Å². The molecule has 0 aromatic heterocycles. The number of halogens is 1. The second-order valence-electron chi connectivity index (χ2n) is 7.91. The van der Waals surface area contributed by atoms with Crippen molar-refractivity contribution in [1.29, 1.82) is 0 Å². The molecule has 1 saturated heterocycles. The molecule has 7 heteroatoms. The molecule has 2 aromatic carbocycles. The van der Waals surface area contributed by atoms with E-state index in [9.17, 15) is 9.59 Å². The van der Waals surface area contributed by atoms with Gasteiger partial charge in [-0.15, -0.1) is 0 Å². The summed E-state index contributed by atoms with van der Waals surface area (Å²) in [5, 5.41) is 0.575. The van der Waals surface area contributed by atoms with E-state index in [1.54, 1.807) is 49.6 Å². The minimum atomic E-state index is -0.354. The van der Waals surface area contributed by atoms with Gasteiger partial charge in [0.2, 0.25) is 0 Å². The molecule has 0 aliphatic carbocycles. The minimum Gasteiger partial charge on any atom is -0.493 e. The summed E-state index contributed by atoms with van der Waals surface area (Å²) >= 11 is 6.06. The van der Waals surface area contributed by atoms with Crippen LogP contribution in [0, 0.1) is 5.92 Å². The van der Waals surface area contributed by atoms with Crippen LogP contribution in [0.25, 0.3) is 5.57 Å². The summed E-state index contributed by atoms with van der Waals surface area (Å²) in [6, 6.07) is 12.1. The van der Waals surface area contributed by atoms with Gasteiger partial charge in [0.15, 0.2) is 11.5 Å².